The van der Waals surface area contributed by atoms with E-state index in [0.29, 0.717) is 5.92 Å². The first-order valence-corrected chi connectivity index (χ1v) is 4.19. The summed E-state index contributed by atoms with van der Waals surface area (Å²) in [6.45, 7) is 2.03. The van der Waals surface area contributed by atoms with Gasteiger partial charge in [0.25, 0.3) is 0 Å². The molecule has 1 aliphatic rings. The van der Waals surface area contributed by atoms with Crippen LogP contribution in [0.25, 0.3) is 0 Å². The monoisotopic (exact) mass is 140 g/mol. The Morgan fingerprint density at radius 2 is 2.50 bits per heavy atom. The Morgan fingerprint density at radius 3 is 3.00 bits per heavy atom. The van der Waals surface area contributed by atoms with E-state index >= 15 is 0 Å². The molecule has 0 bridgehead atoms. The summed E-state index contributed by atoms with van der Waals surface area (Å²) < 4.78 is 0. The Morgan fingerprint density at radius 1 is 1.70 bits per heavy atom. The molecule has 0 aromatic rings. The summed E-state index contributed by atoms with van der Waals surface area (Å²) in [5.41, 5.74) is 0. The predicted octanol–water partition coefficient (Wildman–Crippen LogP) is 2.11. The normalized spacial score (nSPS) is 28.4. The molecular weight excluding hydrogens is 124 g/mol. The topological polar surface area (TPSA) is 20.2 Å². The molecule has 0 aromatic carbocycles. The molecule has 2 atom stereocenters. The van der Waals surface area contributed by atoms with Gasteiger partial charge in [0.1, 0.15) is 0 Å². The number of allylic oxidation sites excluding steroid dienone is 1. The van der Waals surface area contributed by atoms with Crippen LogP contribution in [-0.4, -0.2) is 11.2 Å². The zero-order valence-electron chi connectivity index (χ0n) is 6.59. The van der Waals surface area contributed by atoms with Crippen LogP contribution in [0.5, 0.6) is 0 Å². The third kappa shape index (κ3) is 1.84. The van der Waals surface area contributed by atoms with E-state index in [2.05, 4.69) is 12.2 Å². The molecule has 1 rings (SSSR count). The van der Waals surface area contributed by atoms with Gasteiger partial charge in [0.2, 0.25) is 0 Å². The third-order valence-corrected chi connectivity index (χ3v) is 2.20. The van der Waals surface area contributed by atoms with E-state index in [1.54, 1.807) is 0 Å². The maximum absolute atomic E-state index is 9.43. The SMILES string of the molecule is CC[C@H](O)[C@@H]1C=CCCC1. The number of hydrogen-bond donors (Lipinski definition) is 1. The van der Waals surface area contributed by atoms with E-state index in [9.17, 15) is 5.11 Å². The highest BCUT2D eigenvalue weighted by molar-refractivity contribution is 4.95. The second-order valence-corrected chi connectivity index (χ2v) is 3.00. The van der Waals surface area contributed by atoms with Gasteiger partial charge in [-0.05, 0) is 25.7 Å². The zero-order chi connectivity index (χ0) is 7.40. The first-order valence-electron chi connectivity index (χ1n) is 4.19. The van der Waals surface area contributed by atoms with Gasteiger partial charge in [-0.2, -0.15) is 0 Å². The fourth-order valence-corrected chi connectivity index (χ4v) is 1.46. The van der Waals surface area contributed by atoms with Gasteiger partial charge in [0.15, 0.2) is 0 Å². The molecule has 10 heavy (non-hydrogen) atoms. The van der Waals surface area contributed by atoms with E-state index in [4.69, 9.17) is 0 Å². The fourth-order valence-electron chi connectivity index (χ4n) is 1.46. The second kappa shape index (κ2) is 3.77. The van der Waals surface area contributed by atoms with Crippen molar-refractivity contribution >= 4 is 0 Å². The highest BCUT2D eigenvalue weighted by atomic mass is 16.3. The molecule has 0 saturated carbocycles. The average molecular weight is 140 g/mol. The molecule has 0 aliphatic heterocycles. The van der Waals surface area contributed by atoms with Gasteiger partial charge in [0, 0.05) is 5.92 Å². The Kier molecular flexibility index (Phi) is 2.94. The molecule has 0 amide bonds. The molecule has 0 unspecified atom stereocenters. The van der Waals surface area contributed by atoms with Crippen molar-refractivity contribution in [1.82, 2.24) is 0 Å². The molecule has 0 aromatic heterocycles. The fraction of sp³-hybridized carbons (Fsp3) is 0.778. The van der Waals surface area contributed by atoms with E-state index in [1.165, 1.54) is 19.3 Å². The Balaban J connectivity index is 2.38. The quantitative estimate of drug-likeness (QED) is 0.582. The van der Waals surface area contributed by atoms with Gasteiger partial charge in [-0.3, -0.25) is 0 Å². The molecule has 58 valence electrons. The Hall–Kier alpha value is -0.300. The molecule has 0 heterocycles. The molecule has 0 spiro atoms. The lowest BCUT2D eigenvalue weighted by Crippen LogP contribution is -2.18. The van der Waals surface area contributed by atoms with Crippen LogP contribution in [0.3, 0.4) is 0 Å². The second-order valence-electron chi connectivity index (χ2n) is 3.00. The van der Waals surface area contributed by atoms with Gasteiger partial charge >= 0.3 is 0 Å². The first-order chi connectivity index (χ1) is 4.84. The lowest BCUT2D eigenvalue weighted by atomic mass is 9.90. The highest BCUT2D eigenvalue weighted by Crippen LogP contribution is 2.21. The largest absolute Gasteiger partial charge is 0.393 e. The van der Waals surface area contributed by atoms with E-state index < -0.39 is 0 Å². The number of hydrogen-bond acceptors (Lipinski definition) is 1. The van der Waals surface area contributed by atoms with Crippen LogP contribution in [-0.2, 0) is 0 Å². The minimum atomic E-state index is -0.100. The number of rotatable bonds is 2. The van der Waals surface area contributed by atoms with Gasteiger partial charge in [0.05, 0.1) is 6.10 Å². The van der Waals surface area contributed by atoms with Crippen LogP contribution in [0.4, 0.5) is 0 Å². The molecular formula is C9H16O. The average Bonchev–Trinajstić information content (AvgIpc) is 2.05. The standard InChI is InChI=1S/C9H16O/c1-2-9(10)8-6-4-3-5-7-8/h4,6,8-10H,2-3,5,7H2,1H3/t8-,9+/m1/s1. The maximum Gasteiger partial charge on any atom is 0.0600 e. The predicted molar refractivity (Wildman–Crippen MR) is 42.8 cm³/mol. The molecule has 0 fully saturated rings. The summed E-state index contributed by atoms with van der Waals surface area (Å²) >= 11 is 0. The van der Waals surface area contributed by atoms with Gasteiger partial charge in [-0.15, -0.1) is 0 Å². The summed E-state index contributed by atoms with van der Waals surface area (Å²) in [4.78, 5) is 0. The van der Waals surface area contributed by atoms with Crippen LogP contribution in [0.2, 0.25) is 0 Å². The lowest BCUT2D eigenvalue weighted by Gasteiger charge is -2.20. The van der Waals surface area contributed by atoms with Crippen molar-refractivity contribution in [3.8, 4) is 0 Å². The van der Waals surface area contributed by atoms with Crippen molar-refractivity contribution in [1.29, 1.82) is 0 Å². The summed E-state index contributed by atoms with van der Waals surface area (Å²) in [6, 6.07) is 0. The minimum absolute atomic E-state index is 0.100. The van der Waals surface area contributed by atoms with Crippen LogP contribution < -0.4 is 0 Å². The Labute approximate surface area is 62.8 Å². The van der Waals surface area contributed by atoms with E-state index in [1.807, 2.05) is 6.92 Å². The molecule has 1 nitrogen and oxygen atoms in total. The smallest absolute Gasteiger partial charge is 0.0600 e. The molecule has 1 aliphatic carbocycles. The van der Waals surface area contributed by atoms with E-state index in [-0.39, 0.29) is 6.10 Å². The number of aliphatic hydroxyl groups is 1. The zero-order valence-corrected chi connectivity index (χ0v) is 6.59. The third-order valence-electron chi connectivity index (χ3n) is 2.20. The summed E-state index contributed by atoms with van der Waals surface area (Å²) in [5, 5.41) is 9.43. The van der Waals surface area contributed by atoms with Crippen molar-refractivity contribution in [2.75, 3.05) is 0 Å². The van der Waals surface area contributed by atoms with Gasteiger partial charge in [-0.25, -0.2) is 0 Å². The van der Waals surface area contributed by atoms with Crippen LogP contribution in [0.1, 0.15) is 32.6 Å². The van der Waals surface area contributed by atoms with Crippen LogP contribution in [0.15, 0.2) is 12.2 Å². The summed E-state index contributed by atoms with van der Waals surface area (Å²) in [5.74, 6) is 0.443. The number of aliphatic hydroxyl groups excluding tert-OH is 1. The summed E-state index contributed by atoms with van der Waals surface area (Å²) in [6.07, 6.45) is 8.76. The van der Waals surface area contributed by atoms with Crippen molar-refractivity contribution in [3.05, 3.63) is 12.2 Å². The molecule has 1 N–H and O–H groups in total. The first kappa shape index (κ1) is 7.80. The molecule has 0 saturated heterocycles. The lowest BCUT2D eigenvalue weighted by molar-refractivity contribution is 0.118. The summed E-state index contributed by atoms with van der Waals surface area (Å²) in [7, 11) is 0. The van der Waals surface area contributed by atoms with Crippen LogP contribution in [0, 0.1) is 5.92 Å². The van der Waals surface area contributed by atoms with Crippen molar-refractivity contribution in [3.63, 3.8) is 0 Å². The molecule has 1 heteroatoms. The van der Waals surface area contributed by atoms with Gasteiger partial charge < -0.3 is 5.11 Å². The van der Waals surface area contributed by atoms with E-state index in [0.717, 1.165) is 6.42 Å². The van der Waals surface area contributed by atoms with Crippen molar-refractivity contribution < 1.29 is 5.11 Å². The maximum atomic E-state index is 9.43. The van der Waals surface area contributed by atoms with Crippen molar-refractivity contribution in [2.45, 2.75) is 38.7 Å². The van der Waals surface area contributed by atoms with Crippen molar-refractivity contribution in [2.24, 2.45) is 5.92 Å². The highest BCUT2D eigenvalue weighted by Gasteiger charge is 2.15. The Bertz CT molecular complexity index is 118. The van der Waals surface area contributed by atoms with Crippen LogP contribution >= 0.6 is 0 Å². The molecule has 0 radical (unpaired) electrons. The minimum Gasteiger partial charge on any atom is -0.393 e. The van der Waals surface area contributed by atoms with Gasteiger partial charge in [-0.1, -0.05) is 19.1 Å².